The Morgan fingerprint density at radius 3 is 3.12 bits per heavy atom. The summed E-state index contributed by atoms with van der Waals surface area (Å²) < 4.78 is 5.51. The van der Waals surface area contributed by atoms with Crippen LogP contribution in [0.5, 0.6) is 0 Å². The summed E-state index contributed by atoms with van der Waals surface area (Å²) in [5.41, 5.74) is 2.30. The van der Waals surface area contributed by atoms with Crippen molar-refractivity contribution in [3.8, 4) is 0 Å². The first-order chi connectivity index (χ1) is 11.8. The molecular weight excluding hydrogens is 302 g/mol. The highest BCUT2D eigenvalue weighted by molar-refractivity contribution is 5.79. The molecule has 1 amide bonds. The van der Waals surface area contributed by atoms with Crippen molar-refractivity contribution in [1.82, 2.24) is 14.9 Å². The maximum Gasteiger partial charge on any atom is 0.226 e. The van der Waals surface area contributed by atoms with Crippen LogP contribution in [0.25, 0.3) is 0 Å². The number of rotatable bonds is 3. The number of piperidine rings is 1. The molecule has 5 heteroatoms. The van der Waals surface area contributed by atoms with Crippen molar-refractivity contribution < 1.29 is 9.53 Å². The van der Waals surface area contributed by atoms with Crippen LogP contribution in [0.15, 0.2) is 12.5 Å². The second-order valence-electron chi connectivity index (χ2n) is 7.69. The summed E-state index contributed by atoms with van der Waals surface area (Å²) in [7, 11) is 0. The largest absolute Gasteiger partial charge is 0.381 e. The summed E-state index contributed by atoms with van der Waals surface area (Å²) in [4.78, 5) is 23.6. The lowest BCUT2D eigenvalue weighted by Gasteiger charge is -2.36. The molecule has 5 nitrogen and oxygen atoms in total. The van der Waals surface area contributed by atoms with Crippen molar-refractivity contribution in [3.63, 3.8) is 0 Å². The maximum absolute atomic E-state index is 13.0. The summed E-state index contributed by atoms with van der Waals surface area (Å²) in [5, 5.41) is 0. The standard InChI is InChI=1S/C19H27N3O2/c23-19(16-3-4-18-17(9-16)10-20-13-21-18)22-6-1-2-14(11-22)8-15-5-7-24-12-15/h10,13-16H,1-9,11-12H2. The third-order valence-electron chi connectivity index (χ3n) is 5.95. The highest BCUT2D eigenvalue weighted by Crippen LogP contribution is 2.30. The number of aromatic nitrogens is 2. The third kappa shape index (κ3) is 3.46. The Kier molecular flexibility index (Phi) is 4.79. The molecular formula is C19H27N3O2. The zero-order valence-electron chi connectivity index (χ0n) is 14.3. The lowest BCUT2D eigenvalue weighted by atomic mass is 9.84. The highest BCUT2D eigenvalue weighted by Gasteiger charge is 2.32. The van der Waals surface area contributed by atoms with E-state index >= 15 is 0 Å². The van der Waals surface area contributed by atoms with Crippen LogP contribution in [0.3, 0.4) is 0 Å². The van der Waals surface area contributed by atoms with Crippen LogP contribution >= 0.6 is 0 Å². The van der Waals surface area contributed by atoms with Gasteiger partial charge in [0.05, 0.1) is 0 Å². The Balaban J connectivity index is 1.35. The Hall–Kier alpha value is -1.49. The predicted molar refractivity (Wildman–Crippen MR) is 90.4 cm³/mol. The SMILES string of the molecule is O=C(C1CCc2ncncc2C1)N1CCCC(CC2CCOC2)C1. The number of hydrogen-bond acceptors (Lipinski definition) is 4. The molecule has 3 heterocycles. The van der Waals surface area contributed by atoms with E-state index in [-0.39, 0.29) is 5.92 Å². The fourth-order valence-corrected chi connectivity index (χ4v) is 4.63. The molecule has 0 saturated carbocycles. The van der Waals surface area contributed by atoms with Crippen LogP contribution in [0.2, 0.25) is 0 Å². The van der Waals surface area contributed by atoms with E-state index in [4.69, 9.17) is 4.74 Å². The molecule has 3 atom stereocenters. The molecule has 24 heavy (non-hydrogen) atoms. The van der Waals surface area contributed by atoms with Crippen LogP contribution in [0.1, 0.15) is 43.4 Å². The summed E-state index contributed by atoms with van der Waals surface area (Å²) in [6.07, 6.45) is 11.0. The Morgan fingerprint density at radius 1 is 1.29 bits per heavy atom. The molecule has 3 aliphatic rings. The summed E-state index contributed by atoms with van der Waals surface area (Å²) in [6.45, 7) is 3.72. The normalized spacial score (nSPS) is 30.2. The van der Waals surface area contributed by atoms with Gasteiger partial charge in [-0.15, -0.1) is 0 Å². The fraction of sp³-hybridized carbons (Fsp3) is 0.737. The second-order valence-corrected chi connectivity index (χ2v) is 7.69. The van der Waals surface area contributed by atoms with Crippen molar-refractivity contribution in [3.05, 3.63) is 23.8 Å². The van der Waals surface area contributed by atoms with Gasteiger partial charge in [0.15, 0.2) is 0 Å². The van der Waals surface area contributed by atoms with Crippen LogP contribution < -0.4 is 0 Å². The van der Waals surface area contributed by atoms with Crippen LogP contribution in [0, 0.1) is 17.8 Å². The number of nitrogens with zero attached hydrogens (tertiary/aromatic N) is 3. The van der Waals surface area contributed by atoms with Gasteiger partial charge in [-0.05, 0) is 62.3 Å². The first kappa shape index (κ1) is 16.0. The highest BCUT2D eigenvalue weighted by atomic mass is 16.5. The molecule has 130 valence electrons. The van der Waals surface area contributed by atoms with Gasteiger partial charge < -0.3 is 9.64 Å². The number of hydrogen-bond donors (Lipinski definition) is 0. The van der Waals surface area contributed by atoms with Gasteiger partial charge in [-0.1, -0.05) is 0 Å². The van der Waals surface area contributed by atoms with E-state index < -0.39 is 0 Å². The summed E-state index contributed by atoms with van der Waals surface area (Å²) in [6, 6.07) is 0. The average molecular weight is 329 g/mol. The Bertz CT molecular complexity index is 586. The van der Waals surface area contributed by atoms with Crippen LogP contribution in [-0.2, 0) is 22.4 Å². The smallest absolute Gasteiger partial charge is 0.226 e. The average Bonchev–Trinajstić information content (AvgIpc) is 3.14. The van der Waals surface area contributed by atoms with Gasteiger partial charge in [0.25, 0.3) is 0 Å². The molecule has 2 fully saturated rings. The van der Waals surface area contributed by atoms with E-state index in [9.17, 15) is 4.79 Å². The molecule has 0 N–H and O–H groups in total. The second kappa shape index (κ2) is 7.18. The lowest BCUT2D eigenvalue weighted by Crippen LogP contribution is -2.44. The van der Waals surface area contributed by atoms with Gasteiger partial charge in [-0.3, -0.25) is 4.79 Å². The summed E-state index contributed by atoms with van der Waals surface area (Å²) >= 11 is 0. The topological polar surface area (TPSA) is 55.3 Å². The minimum absolute atomic E-state index is 0.122. The summed E-state index contributed by atoms with van der Waals surface area (Å²) in [5.74, 6) is 1.85. The number of amides is 1. The first-order valence-electron chi connectivity index (χ1n) is 9.44. The molecule has 2 aliphatic heterocycles. The number of likely N-dealkylation sites (tertiary alicyclic amines) is 1. The zero-order chi connectivity index (χ0) is 16.4. The van der Waals surface area contributed by atoms with Gasteiger partial charge in [0, 0.05) is 44.1 Å². The van der Waals surface area contributed by atoms with E-state index in [1.807, 2.05) is 6.20 Å². The van der Waals surface area contributed by atoms with Crippen molar-refractivity contribution in [1.29, 1.82) is 0 Å². The van der Waals surface area contributed by atoms with Crippen molar-refractivity contribution in [2.45, 2.75) is 44.9 Å². The Morgan fingerprint density at radius 2 is 2.25 bits per heavy atom. The number of aryl methyl sites for hydroxylation is 1. The molecule has 4 rings (SSSR count). The lowest BCUT2D eigenvalue weighted by molar-refractivity contribution is -0.137. The van der Waals surface area contributed by atoms with Gasteiger partial charge in [-0.25, -0.2) is 9.97 Å². The molecule has 3 unspecified atom stereocenters. The monoisotopic (exact) mass is 329 g/mol. The fourth-order valence-electron chi connectivity index (χ4n) is 4.63. The van der Waals surface area contributed by atoms with Gasteiger partial charge in [-0.2, -0.15) is 0 Å². The van der Waals surface area contributed by atoms with E-state index in [1.165, 1.54) is 24.8 Å². The molecule has 0 aromatic carbocycles. The van der Waals surface area contributed by atoms with Crippen LogP contribution in [0.4, 0.5) is 0 Å². The quantitative estimate of drug-likeness (QED) is 0.853. The molecule has 0 bridgehead atoms. The predicted octanol–water partition coefficient (Wildman–Crippen LogP) is 2.25. The van der Waals surface area contributed by atoms with Gasteiger partial charge in [0.2, 0.25) is 5.91 Å². The molecule has 2 saturated heterocycles. The number of fused-ring (bicyclic) bond motifs is 1. The number of carbonyl (C=O) groups excluding carboxylic acids is 1. The number of carbonyl (C=O) groups is 1. The van der Waals surface area contributed by atoms with E-state index in [0.29, 0.717) is 17.7 Å². The van der Waals surface area contributed by atoms with Crippen molar-refractivity contribution in [2.24, 2.45) is 17.8 Å². The minimum Gasteiger partial charge on any atom is -0.381 e. The van der Waals surface area contributed by atoms with Crippen molar-refractivity contribution >= 4 is 5.91 Å². The molecule has 0 spiro atoms. The van der Waals surface area contributed by atoms with E-state index in [0.717, 1.165) is 57.7 Å². The van der Waals surface area contributed by atoms with Crippen molar-refractivity contribution in [2.75, 3.05) is 26.3 Å². The van der Waals surface area contributed by atoms with E-state index in [1.54, 1.807) is 6.33 Å². The molecule has 1 aliphatic carbocycles. The van der Waals surface area contributed by atoms with Gasteiger partial charge >= 0.3 is 0 Å². The third-order valence-corrected chi connectivity index (χ3v) is 5.95. The number of ether oxygens (including phenoxy) is 1. The molecule has 1 aromatic heterocycles. The van der Waals surface area contributed by atoms with Gasteiger partial charge in [0.1, 0.15) is 6.33 Å². The van der Waals surface area contributed by atoms with Crippen LogP contribution in [-0.4, -0.2) is 47.1 Å². The Labute approximate surface area is 143 Å². The maximum atomic E-state index is 13.0. The first-order valence-corrected chi connectivity index (χ1v) is 9.44. The zero-order valence-corrected chi connectivity index (χ0v) is 14.3. The minimum atomic E-state index is 0.122. The molecule has 1 aromatic rings. The van der Waals surface area contributed by atoms with E-state index in [2.05, 4.69) is 14.9 Å². The molecule has 0 radical (unpaired) electrons.